The van der Waals surface area contributed by atoms with Crippen LogP contribution < -0.4 is 5.73 Å². The maximum atomic E-state index is 5.77. The molecule has 0 saturated heterocycles. The van der Waals surface area contributed by atoms with Crippen LogP contribution in [0.2, 0.25) is 5.15 Å². The summed E-state index contributed by atoms with van der Waals surface area (Å²) in [6, 6.07) is 0. The second-order valence-corrected chi connectivity index (χ2v) is 3.10. The highest BCUT2D eigenvalue weighted by Crippen LogP contribution is 2.21. The molecule has 72 valence electrons. The van der Waals surface area contributed by atoms with E-state index in [4.69, 9.17) is 17.3 Å². The van der Waals surface area contributed by atoms with E-state index in [0.29, 0.717) is 11.5 Å². The Morgan fingerprint density at radius 2 is 2.14 bits per heavy atom. The fourth-order valence-corrected chi connectivity index (χ4v) is 1.29. The van der Waals surface area contributed by atoms with Crippen LogP contribution in [0, 0.1) is 6.92 Å². The molecule has 2 aromatic rings. The van der Waals surface area contributed by atoms with Gasteiger partial charge < -0.3 is 5.73 Å². The lowest BCUT2D eigenvalue weighted by molar-refractivity contribution is 0.924. The van der Waals surface area contributed by atoms with Gasteiger partial charge in [0.05, 0.1) is 0 Å². The number of hydrogen-bond acceptors (Lipinski definition) is 4. The van der Waals surface area contributed by atoms with Gasteiger partial charge in [0.15, 0.2) is 11.0 Å². The molecular formula is C8H8ClN5. The van der Waals surface area contributed by atoms with Crippen molar-refractivity contribution in [3.63, 3.8) is 0 Å². The molecule has 0 radical (unpaired) electrons. The topological polar surface area (TPSA) is 69.6 Å². The van der Waals surface area contributed by atoms with Crippen LogP contribution in [0.4, 0.5) is 5.69 Å². The standard InChI is InChI=1S/C8H8ClN5/c1-5-11-2-3-14(5)8-6(10)7(9)12-4-13-8/h2-4H,10H2,1H3. The van der Waals surface area contributed by atoms with E-state index in [2.05, 4.69) is 15.0 Å². The Balaban J connectivity index is 2.63. The Morgan fingerprint density at radius 3 is 2.79 bits per heavy atom. The van der Waals surface area contributed by atoms with E-state index in [1.54, 1.807) is 17.0 Å². The molecule has 2 aromatic heterocycles. The fraction of sp³-hybridized carbons (Fsp3) is 0.125. The number of nitrogen functional groups attached to an aromatic ring is 1. The van der Waals surface area contributed by atoms with Crippen molar-refractivity contribution in [1.29, 1.82) is 0 Å². The number of nitrogens with zero attached hydrogens (tertiary/aromatic N) is 4. The Morgan fingerprint density at radius 1 is 1.36 bits per heavy atom. The monoisotopic (exact) mass is 209 g/mol. The quantitative estimate of drug-likeness (QED) is 0.717. The van der Waals surface area contributed by atoms with E-state index in [0.717, 1.165) is 5.82 Å². The van der Waals surface area contributed by atoms with Crippen molar-refractivity contribution in [2.45, 2.75) is 6.92 Å². The van der Waals surface area contributed by atoms with Crippen LogP contribution in [0.25, 0.3) is 5.82 Å². The molecule has 0 atom stereocenters. The first kappa shape index (κ1) is 8.96. The average Bonchev–Trinajstić information content (AvgIpc) is 2.57. The molecule has 0 aromatic carbocycles. The van der Waals surface area contributed by atoms with Crippen molar-refractivity contribution in [3.05, 3.63) is 29.7 Å². The summed E-state index contributed by atoms with van der Waals surface area (Å²) in [6.07, 6.45) is 4.81. The molecule has 0 aliphatic rings. The molecule has 0 spiro atoms. The van der Waals surface area contributed by atoms with Crippen LogP contribution >= 0.6 is 11.6 Å². The highest BCUT2D eigenvalue weighted by Gasteiger charge is 2.09. The maximum absolute atomic E-state index is 5.77. The first-order valence-corrected chi connectivity index (χ1v) is 4.34. The molecule has 0 unspecified atom stereocenters. The summed E-state index contributed by atoms with van der Waals surface area (Å²) < 4.78 is 1.75. The van der Waals surface area contributed by atoms with Gasteiger partial charge in [0.1, 0.15) is 17.8 Å². The number of aryl methyl sites for hydroxylation is 1. The third-order valence-electron chi connectivity index (χ3n) is 1.87. The van der Waals surface area contributed by atoms with Crippen LogP contribution in [0.15, 0.2) is 18.7 Å². The molecule has 0 bridgehead atoms. The zero-order valence-corrected chi connectivity index (χ0v) is 8.23. The molecule has 6 heteroatoms. The van der Waals surface area contributed by atoms with Gasteiger partial charge in [-0.05, 0) is 6.92 Å². The predicted octanol–water partition coefficient (Wildman–Crippen LogP) is 1.21. The van der Waals surface area contributed by atoms with Gasteiger partial charge in [-0.1, -0.05) is 11.6 Å². The minimum absolute atomic E-state index is 0.253. The van der Waals surface area contributed by atoms with Gasteiger partial charge >= 0.3 is 0 Å². The largest absolute Gasteiger partial charge is 0.393 e. The van der Waals surface area contributed by atoms with Crippen molar-refractivity contribution in [2.75, 3.05) is 5.73 Å². The summed E-state index contributed by atoms with van der Waals surface area (Å²) in [5.74, 6) is 1.35. The summed E-state index contributed by atoms with van der Waals surface area (Å²) in [5, 5.41) is 0.253. The van der Waals surface area contributed by atoms with Crippen molar-refractivity contribution in [3.8, 4) is 5.82 Å². The van der Waals surface area contributed by atoms with Gasteiger partial charge in [-0.15, -0.1) is 0 Å². The minimum Gasteiger partial charge on any atom is -0.393 e. The van der Waals surface area contributed by atoms with E-state index in [1.807, 2.05) is 6.92 Å². The van der Waals surface area contributed by atoms with Gasteiger partial charge in [-0.3, -0.25) is 4.57 Å². The third-order valence-corrected chi connectivity index (χ3v) is 2.17. The predicted molar refractivity (Wildman–Crippen MR) is 53.3 cm³/mol. The molecule has 0 aliphatic heterocycles. The van der Waals surface area contributed by atoms with Crippen LogP contribution in [0.3, 0.4) is 0 Å². The lowest BCUT2D eigenvalue weighted by Gasteiger charge is -2.06. The van der Waals surface area contributed by atoms with Crippen LogP contribution in [0.5, 0.6) is 0 Å². The summed E-state index contributed by atoms with van der Waals surface area (Å²) in [6.45, 7) is 1.86. The molecule has 5 nitrogen and oxygen atoms in total. The first-order valence-electron chi connectivity index (χ1n) is 3.96. The van der Waals surface area contributed by atoms with Gasteiger partial charge in [0, 0.05) is 12.4 Å². The number of imidazole rings is 1. The average molecular weight is 210 g/mol. The Hall–Kier alpha value is -1.62. The Labute approximate surface area is 85.6 Å². The second-order valence-electron chi connectivity index (χ2n) is 2.75. The van der Waals surface area contributed by atoms with E-state index in [-0.39, 0.29) is 5.15 Å². The smallest absolute Gasteiger partial charge is 0.166 e. The van der Waals surface area contributed by atoms with Crippen molar-refractivity contribution in [2.24, 2.45) is 0 Å². The number of aromatic nitrogens is 4. The molecule has 0 amide bonds. The zero-order chi connectivity index (χ0) is 10.1. The number of anilines is 1. The zero-order valence-electron chi connectivity index (χ0n) is 7.48. The number of halogens is 1. The lowest BCUT2D eigenvalue weighted by Crippen LogP contribution is -2.04. The summed E-state index contributed by atoms with van der Waals surface area (Å²) in [5.41, 5.74) is 6.09. The van der Waals surface area contributed by atoms with Crippen molar-refractivity contribution < 1.29 is 0 Å². The van der Waals surface area contributed by atoms with Crippen molar-refractivity contribution >= 4 is 17.3 Å². The fourth-order valence-electron chi connectivity index (χ4n) is 1.16. The summed E-state index contributed by atoms with van der Waals surface area (Å²) in [4.78, 5) is 11.9. The first-order chi connectivity index (χ1) is 6.70. The number of nitrogens with two attached hydrogens (primary N) is 1. The maximum Gasteiger partial charge on any atom is 0.166 e. The van der Waals surface area contributed by atoms with Crippen molar-refractivity contribution in [1.82, 2.24) is 19.5 Å². The third kappa shape index (κ3) is 1.31. The van der Waals surface area contributed by atoms with Crippen LogP contribution in [0.1, 0.15) is 5.82 Å². The lowest BCUT2D eigenvalue weighted by atomic mass is 10.4. The molecule has 2 heterocycles. The molecule has 0 aliphatic carbocycles. The van der Waals surface area contributed by atoms with E-state index in [9.17, 15) is 0 Å². The van der Waals surface area contributed by atoms with Gasteiger partial charge in [-0.2, -0.15) is 0 Å². The molecule has 0 fully saturated rings. The second kappa shape index (κ2) is 3.26. The van der Waals surface area contributed by atoms with Crippen LogP contribution in [-0.4, -0.2) is 19.5 Å². The van der Waals surface area contributed by atoms with E-state index in [1.165, 1.54) is 6.33 Å². The highest BCUT2D eigenvalue weighted by molar-refractivity contribution is 6.32. The Kier molecular flexibility index (Phi) is 2.09. The minimum atomic E-state index is 0.253. The van der Waals surface area contributed by atoms with Crippen LogP contribution in [-0.2, 0) is 0 Å². The molecule has 0 saturated carbocycles. The summed E-state index contributed by atoms with van der Waals surface area (Å²) in [7, 11) is 0. The number of rotatable bonds is 1. The Bertz CT molecular complexity index is 465. The normalized spacial score (nSPS) is 10.4. The van der Waals surface area contributed by atoms with E-state index < -0.39 is 0 Å². The van der Waals surface area contributed by atoms with E-state index >= 15 is 0 Å². The SMILES string of the molecule is Cc1nccn1-c1ncnc(Cl)c1N. The molecule has 2 N–H and O–H groups in total. The molecular weight excluding hydrogens is 202 g/mol. The number of hydrogen-bond donors (Lipinski definition) is 1. The van der Waals surface area contributed by atoms with Gasteiger partial charge in [0.2, 0.25) is 0 Å². The molecule has 2 rings (SSSR count). The summed E-state index contributed by atoms with van der Waals surface area (Å²) >= 11 is 5.77. The highest BCUT2D eigenvalue weighted by atomic mass is 35.5. The van der Waals surface area contributed by atoms with Gasteiger partial charge in [0.25, 0.3) is 0 Å². The molecule has 14 heavy (non-hydrogen) atoms. The van der Waals surface area contributed by atoms with Gasteiger partial charge in [-0.25, -0.2) is 15.0 Å².